The van der Waals surface area contributed by atoms with Crippen molar-refractivity contribution in [3.8, 4) is 0 Å². The van der Waals surface area contributed by atoms with Crippen LogP contribution in [0.3, 0.4) is 0 Å². The van der Waals surface area contributed by atoms with E-state index in [0.717, 1.165) is 38.1 Å². The summed E-state index contributed by atoms with van der Waals surface area (Å²) in [6.07, 6.45) is 11.8. The van der Waals surface area contributed by atoms with Gasteiger partial charge >= 0.3 is 0 Å². The molecular weight excluding hydrogens is 264 g/mol. The molecule has 0 aromatic rings. The Balaban J connectivity index is 1.63. The Bertz CT molecular complexity index is 361. The van der Waals surface area contributed by atoms with Crippen LogP contribution in [0, 0.1) is 5.92 Å². The van der Waals surface area contributed by atoms with Gasteiger partial charge in [-0.2, -0.15) is 0 Å². The van der Waals surface area contributed by atoms with Crippen molar-refractivity contribution in [1.82, 2.24) is 10.2 Å². The van der Waals surface area contributed by atoms with Crippen molar-refractivity contribution in [3.05, 3.63) is 0 Å². The summed E-state index contributed by atoms with van der Waals surface area (Å²) in [6, 6.07) is 0.600. The molecule has 1 amide bonds. The van der Waals surface area contributed by atoms with Gasteiger partial charge in [-0.3, -0.25) is 4.79 Å². The first-order valence-corrected chi connectivity index (χ1v) is 8.97. The summed E-state index contributed by atoms with van der Waals surface area (Å²) < 4.78 is 0. The van der Waals surface area contributed by atoms with E-state index in [1.165, 1.54) is 38.5 Å². The highest BCUT2D eigenvalue weighted by atomic mass is 16.3. The van der Waals surface area contributed by atoms with Crippen molar-refractivity contribution in [2.45, 2.75) is 82.3 Å². The predicted octanol–water partition coefficient (Wildman–Crippen LogP) is 2.06. The van der Waals surface area contributed by atoms with Crippen molar-refractivity contribution < 1.29 is 9.90 Å². The van der Waals surface area contributed by atoms with Crippen LogP contribution < -0.4 is 5.32 Å². The lowest BCUT2D eigenvalue weighted by atomic mass is 9.77. The summed E-state index contributed by atoms with van der Waals surface area (Å²) in [6.45, 7) is 0.945. The number of aliphatic hydroxyl groups excluding tert-OH is 1. The molecule has 0 spiro atoms. The van der Waals surface area contributed by atoms with Crippen molar-refractivity contribution in [2.24, 2.45) is 5.92 Å². The lowest BCUT2D eigenvalue weighted by Gasteiger charge is -2.42. The summed E-state index contributed by atoms with van der Waals surface area (Å²) >= 11 is 0. The number of fused-ring (bicyclic) bond motifs is 1. The molecule has 4 atom stereocenters. The molecule has 0 bridgehead atoms. The summed E-state index contributed by atoms with van der Waals surface area (Å²) in [7, 11) is 0. The van der Waals surface area contributed by atoms with E-state index in [1.54, 1.807) is 0 Å². The average molecular weight is 294 g/mol. The van der Waals surface area contributed by atoms with Crippen LogP contribution in [0.1, 0.15) is 64.2 Å². The Hall–Kier alpha value is -0.610. The monoisotopic (exact) mass is 294 g/mol. The van der Waals surface area contributed by atoms with Gasteiger partial charge in [-0.15, -0.1) is 0 Å². The third-order valence-corrected chi connectivity index (χ3v) is 5.82. The third kappa shape index (κ3) is 3.42. The molecule has 0 aromatic carbocycles. The second-order valence-electron chi connectivity index (χ2n) is 7.16. The summed E-state index contributed by atoms with van der Waals surface area (Å²) in [5.41, 5.74) is 0. The zero-order valence-electron chi connectivity index (χ0n) is 13.1. The van der Waals surface area contributed by atoms with Crippen LogP contribution in [0.4, 0.5) is 0 Å². The van der Waals surface area contributed by atoms with Gasteiger partial charge in [0.25, 0.3) is 0 Å². The number of likely N-dealkylation sites (tertiary alicyclic amines) is 1. The Morgan fingerprint density at radius 1 is 1.00 bits per heavy atom. The number of hydrogen-bond donors (Lipinski definition) is 2. The van der Waals surface area contributed by atoms with Crippen LogP contribution in [0.15, 0.2) is 0 Å². The molecule has 3 aliphatic rings. The Morgan fingerprint density at radius 3 is 2.67 bits per heavy atom. The number of piperidine rings is 1. The molecule has 2 heterocycles. The molecular formula is C17H30N2O2. The van der Waals surface area contributed by atoms with E-state index in [1.807, 2.05) is 4.90 Å². The van der Waals surface area contributed by atoms with Crippen molar-refractivity contribution in [1.29, 1.82) is 0 Å². The Morgan fingerprint density at radius 2 is 1.81 bits per heavy atom. The Kier molecular flexibility index (Phi) is 5.17. The fourth-order valence-corrected chi connectivity index (χ4v) is 4.55. The number of carbonyl (C=O) groups excluding carboxylic acids is 1. The molecule has 2 saturated heterocycles. The van der Waals surface area contributed by atoms with Crippen molar-refractivity contribution in [2.75, 3.05) is 13.2 Å². The predicted molar refractivity (Wildman–Crippen MR) is 83.0 cm³/mol. The minimum absolute atomic E-state index is 0.00324. The SMILES string of the molecule is O=C(C1CCC2CCCCC2N1)N1CCCCCC1CO. The van der Waals surface area contributed by atoms with Gasteiger partial charge < -0.3 is 15.3 Å². The smallest absolute Gasteiger partial charge is 0.240 e. The van der Waals surface area contributed by atoms with Gasteiger partial charge in [-0.25, -0.2) is 0 Å². The maximum Gasteiger partial charge on any atom is 0.240 e. The molecule has 120 valence electrons. The highest BCUT2D eigenvalue weighted by Gasteiger charge is 2.37. The lowest BCUT2D eigenvalue weighted by molar-refractivity contribution is -0.138. The van der Waals surface area contributed by atoms with Crippen LogP contribution in [-0.2, 0) is 4.79 Å². The highest BCUT2D eigenvalue weighted by Crippen LogP contribution is 2.33. The van der Waals surface area contributed by atoms with Crippen LogP contribution in [0.5, 0.6) is 0 Å². The number of nitrogens with one attached hydrogen (secondary N) is 1. The molecule has 21 heavy (non-hydrogen) atoms. The van der Waals surface area contributed by atoms with Gasteiger partial charge in [0.2, 0.25) is 5.91 Å². The van der Waals surface area contributed by atoms with Crippen molar-refractivity contribution in [3.63, 3.8) is 0 Å². The molecule has 4 unspecified atom stereocenters. The minimum atomic E-state index is -0.00324. The molecule has 2 N–H and O–H groups in total. The standard InChI is InChI=1S/C17H30N2O2/c20-12-14-7-2-1-5-11-19(14)17(21)16-10-9-13-6-3-4-8-15(13)18-16/h13-16,18,20H,1-12H2. The van der Waals surface area contributed by atoms with E-state index in [0.29, 0.717) is 6.04 Å². The molecule has 2 aliphatic heterocycles. The molecule has 1 saturated carbocycles. The van der Waals surface area contributed by atoms with Crippen LogP contribution in [-0.4, -0.2) is 47.2 Å². The number of carbonyl (C=O) groups is 1. The summed E-state index contributed by atoms with van der Waals surface area (Å²) in [4.78, 5) is 14.9. The first kappa shape index (κ1) is 15.3. The first-order valence-electron chi connectivity index (χ1n) is 8.97. The maximum absolute atomic E-state index is 12.9. The number of rotatable bonds is 2. The second kappa shape index (κ2) is 7.10. The highest BCUT2D eigenvalue weighted by molar-refractivity contribution is 5.82. The van der Waals surface area contributed by atoms with Gasteiger partial charge in [0.1, 0.15) is 0 Å². The molecule has 3 rings (SSSR count). The van der Waals surface area contributed by atoms with E-state index in [2.05, 4.69) is 5.32 Å². The zero-order valence-corrected chi connectivity index (χ0v) is 13.1. The molecule has 0 aromatic heterocycles. The lowest BCUT2D eigenvalue weighted by Crippen LogP contribution is -2.57. The maximum atomic E-state index is 12.9. The summed E-state index contributed by atoms with van der Waals surface area (Å²) in [5.74, 6) is 1.04. The Labute approximate surface area is 128 Å². The third-order valence-electron chi connectivity index (χ3n) is 5.82. The van der Waals surface area contributed by atoms with Gasteiger partial charge in [-0.05, 0) is 44.4 Å². The fraction of sp³-hybridized carbons (Fsp3) is 0.941. The number of amides is 1. The van der Waals surface area contributed by atoms with Gasteiger partial charge in [-0.1, -0.05) is 25.7 Å². The van der Waals surface area contributed by atoms with Crippen LogP contribution in [0.25, 0.3) is 0 Å². The quantitative estimate of drug-likeness (QED) is 0.819. The van der Waals surface area contributed by atoms with Crippen molar-refractivity contribution >= 4 is 5.91 Å². The van der Waals surface area contributed by atoms with Crippen LogP contribution in [0.2, 0.25) is 0 Å². The van der Waals surface area contributed by atoms with E-state index in [9.17, 15) is 9.90 Å². The number of hydrogen-bond acceptors (Lipinski definition) is 3. The largest absolute Gasteiger partial charge is 0.394 e. The summed E-state index contributed by atoms with van der Waals surface area (Å²) in [5, 5.41) is 13.3. The molecule has 3 fully saturated rings. The second-order valence-corrected chi connectivity index (χ2v) is 7.16. The first-order chi connectivity index (χ1) is 10.3. The molecule has 1 aliphatic carbocycles. The topological polar surface area (TPSA) is 52.6 Å². The average Bonchev–Trinajstić information content (AvgIpc) is 2.79. The molecule has 4 nitrogen and oxygen atoms in total. The molecule has 0 radical (unpaired) electrons. The van der Waals surface area contributed by atoms with Gasteiger partial charge in [0, 0.05) is 12.6 Å². The van der Waals surface area contributed by atoms with E-state index in [-0.39, 0.29) is 24.6 Å². The number of nitrogens with zero attached hydrogens (tertiary/aromatic N) is 1. The van der Waals surface area contributed by atoms with Gasteiger partial charge in [0.15, 0.2) is 0 Å². The fourth-order valence-electron chi connectivity index (χ4n) is 4.55. The van der Waals surface area contributed by atoms with Crippen LogP contribution >= 0.6 is 0 Å². The normalized spacial score (nSPS) is 37.7. The molecule has 4 heteroatoms. The van der Waals surface area contributed by atoms with E-state index in [4.69, 9.17) is 0 Å². The van der Waals surface area contributed by atoms with E-state index >= 15 is 0 Å². The number of aliphatic hydroxyl groups is 1. The van der Waals surface area contributed by atoms with Gasteiger partial charge in [0.05, 0.1) is 18.7 Å². The zero-order chi connectivity index (χ0) is 14.7. The van der Waals surface area contributed by atoms with E-state index < -0.39 is 0 Å². The minimum Gasteiger partial charge on any atom is -0.394 e.